The Balaban J connectivity index is 2.61. The SMILES string of the molecule is CC(C)CCN(CCC(=O)O)c1ccccc1. The fraction of sp³-hybridized carbons (Fsp3) is 0.500. The monoisotopic (exact) mass is 235 g/mol. The summed E-state index contributed by atoms with van der Waals surface area (Å²) in [5.41, 5.74) is 1.11. The van der Waals surface area contributed by atoms with Gasteiger partial charge in [-0.1, -0.05) is 32.0 Å². The standard InChI is InChI=1S/C14H21NO2/c1-12(2)8-10-15(11-9-14(16)17)13-6-4-3-5-7-13/h3-7,12H,8-11H2,1-2H3,(H,16,17). The third-order valence-electron chi connectivity index (χ3n) is 2.69. The second-order valence-corrected chi connectivity index (χ2v) is 4.65. The van der Waals surface area contributed by atoms with Crippen LogP contribution in [0.25, 0.3) is 0 Å². The smallest absolute Gasteiger partial charge is 0.305 e. The Labute approximate surface area is 103 Å². The second kappa shape index (κ2) is 6.94. The molecule has 0 amide bonds. The zero-order chi connectivity index (χ0) is 12.7. The van der Waals surface area contributed by atoms with Crippen molar-refractivity contribution in [2.24, 2.45) is 5.92 Å². The van der Waals surface area contributed by atoms with Gasteiger partial charge in [0.15, 0.2) is 0 Å². The van der Waals surface area contributed by atoms with Crippen molar-refractivity contribution in [3.63, 3.8) is 0 Å². The van der Waals surface area contributed by atoms with E-state index in [-0.39, 0.29) is 6.42 Å². The van der Waals surface area contributed by atoms with Gasteiger partial charge in [-0.3, -0.25) is 4.79 Å². The normalized spacial score (nSPS) is 10.5. The number of rotatable bonds is 7. The average molecular weight is 235 g/mol. The van der Waals surface area contributed by atoms with E-state index in [4.69, 9.17) is 5.11 Å². The van der Waals surface area contributed by atoms with Crippen LogP contribution in [0.1, 0.15) is 26.7 Å². The lowest BCUT2D eigenvalue weighted by molar-refractivity contribution is -0.136. The van der Waals surface area contributed by atoms with Crippen molar-refractivity contribution < 1.29 is 9.90 Å². The maximum Gasteiger partial charge on any atom is 0.305 e. The summed E-state index contributed by atoms with van der Waals surface area (Å²) >= 11 is 0. The van der Waals surface area contributed by atoms with Gasteiger partial charge in [-0.15, -0.1) is 0 Å². The summed E-state index contributed by atoms with van der Waals surface area (Å²) < 4.78 is 0. The Hall–Kier alpha value is -1.51. The minimum atomic E-state index is -0.740. The summed E-state index contributed by atoms with van der Waals surface area (Å²) in [4.78, 5) is 12.8. The number of carboxylic acids is 1. The summed E-state index contributed by atoms with van der Waals surface area (Å²) in [7, 11) is 0. The van der Waals surface area contributed by atoms with Crippen LogP contribution in [0.2, 0.25) is 0 Å². The van der Waals surface area contributed by atoms with Crippen LogP contribution >= 0.6 is 0 Å². The second-order valence-electron chi connectivity index (χ2n) is 4.65. The van der Waals surface area contributed by atoms with Gasteiger partial charge in [0.2, 0.25) is 0 Å². The average Bonchev–Trinajstić information content (AvgIpc) is 2.29. The lowest BCUT2D eigenvalue weighted by atomic mass is 10.1. The fourth-order valence-electron chi connectivity index (χ4n) is 1.65. The number of carbonyl (C=O) groups is 1. The predicted molar refractivity (Wildman–Crippen MR) is 70.4 cm³/mol. The molecule has 0 radical (unpaired) electrons. The Morgan fingerprint density at radius 2 is 1.88 bits per heavy atom. The lowest BCUT2D eigenvalue weighted by Crippen LogP contribution is -2.28. The van der Waals surface area contributed by atoms with Gasteiger partial charge in [0.25, 0.3) is 0 Å². The van der Waals surface area contributed by atoms with Crippen LogP contribution in [0.15, 0.2) is 30.3 Å². The zero-order valence-electron chi connectivity index (χ0n) is 10.6. The molecule has 0 heterocycles. The first-order valence-electron chi connectivity index (χ1n) is 6.11. The Morgan fingerprint density at radius 3 is 2.41 bits per heavy atom. The van der Waals surface area contributed by atoms with E-state index in [2.05, 4.69) is 18.7 Å². The maximum atomic E-state index is 10.6. The molecule has 0 aliphatic carbocycles. The van der Waals surface area contributed by atoms with Gasteiger partial charge in [-0.2, -0.15) is 0 Å². The largest absolute Gasteiger partial charge is 0.481 e. The minimum absolute atomic E-state index is 0.187. The number of aliphatic carboxylic acids is 1. The molecule has 1 aromatic carbocycles. The first-order chi connectivity index (χ1) is 8.09. The third kappa shape index (κ3) is 5.38. The van der Waals surface area contributed by atoms with Crippen molar-refractivity contribution in [1.82, 2.24) is 0 Å². The molecule has 3 nitrogen and oxygen atoms in total. The molecule has 0 atom stereocenters. The molecule has 1 aromatic rings. The van der Waals surface area contributed by atoms with Gasteiger partial charge in [0, 0.05) is 18.8 Å². The fourth-order valence-corrected chi connectivity index (χ4v) is 1.65. The quantitative estimate of drug-likeness (QED) is 0.789. The van der Waals surface area contributed by atoms with E-state index in [0.717, 1.165) is 18.7 Å². The number of hydrogen-bond donors (Lipinski definition) is 1. The first-order valence-corrected chi connectivity index (χ1v) is 6.11. The Kier molecular flexibility index (Phi) is 5.53. The van der Waals surface area contributed by atoms with Gasteiger partial charge < -0.3 is 10.0 Å². The minimum Gasteiger partial charge on any atom is -0.481 e. The van der Waals surface area contributed by atoms with E-state index in [1.165, 1.54) is 0 Å². The highest BCUT2D eigenvalue weighted by Gasteiger charge is 2.08. The Morgan fingerprint density at radius 1 is 1.24 bits per heavy atom. The number of hydrogen-bond acceptors (Lipinski definition) is 2. The highest BCUT2D eigenvalue weighted by atomic mass is 16.4. The van der Waals surface area contributed by atoms with Crippen LogP contribution in [-0.4, -0.2) is 24.2 Å². The topological polar surface area (TPSA) is 40.5 Å². The molecule has 1 N–H and O–H groups in total. The van der Waals surface area contributed by atoms with Crippen molar-refractivity contribution >= 4 is 11.7 Å². The van der Waals surface area contributed by atoms with Crippen molar-refractivity contribution in [1.29, 1.82) is 0 Å². The van der Waals surface area contributed by atoms with Crippen molar-refractivity contribution in [3.05, 3.63) is 30.3 Å². The van der Waals surface area contributed by atoms with E-state index < -0.39 is 5.97 Å². The molecule has 0 aromatic heterocycles. The van der Waals surface area contributed by atoms with Gasteiger partial charge in [0.1, 0.15) is 0 Å². The lowest BCUT2D eigenvalue weighted by Gasteiger charge is -2.25. The molecule has 1 rings (SSSR count). The molecule has 0 aliphatic rings. The van der Waals surface area contributed by atoms with Crippen LogP contribution in [-0.2, 0) is 4.79 Å². The molecule has 0 unspecified atom stereocenters. The van der Waals surface area contributed by atoms with Crippen molar-refractivity contribution in [2.75, 3.05) is 18.0 Å². The van der Waals surface area contributed by atoms with Crippen LogP contribution in [0, 0.1) is 5.92 Å². The van der Waals surface area contributed by atoms with E-state index in [1.807, 2.05) is 30.3 Å². The summed E-state index contributed by atoms with van der Waals surface area (Å²) in [6, 6.07) is 10.0. The van der Waals surface area contributed by atoms with Crippen molar-refractivity contribution in [3.8, 4) is 0 Å². The van der Waals surface area contributed by atoms with E-state index >= 15 is 0 Å². The highest BCUT2D eigenvalue weighted by molar-refractivity contribution is 5.67. The highest BCUT2D eigenvalue weighted by Crippen LogP contribution is 2.15. The van der Waals surface area contributed by atoms with Crippen LogP contribution in [0.4, 0.5) is 5.69 Å². The van der Waals surface area contributed by atoms with E-state index in [1.54, 1.807) is 0 Å². The summed E-state index contributed by atoms with van der Waals surface area (Å²) in [6.07, 6.45) is 1.27. The molecule has 94 valence electrons. The number of anilines is 1. The van der Waals surface area contributed by atoms with Gasteiger partial charge in [0.05, 0.1) is 6.42 Å². The summed E-state index contributed by atoms with van der Waals surface area (Å²) in [5.74, 6) is -0.110. The van der Waals surface area contributed by atoms with Gasteiger partial charge in [-0.05, 0) is 24.5 Å². The zero-order valence-corrected chi connectivity index (χ0v) is 10.6. The number of benzene rings is 1. The molecular formula is C14H21NO2. The van der Waals surface area contributed by atoms with Crippen molar-refractivity contribution in [2.45, 2.75) is 26.7 Å². The molecule has 0 saturated heterocycles. The number of carboxylic acid groups (broad SMARTS) is 1. The molecule has 0 fully saturated rings. The summed E-state index contributed by atoms with van der Waals surface area (Å²) in [6.45, 7) is 5.85. The maximum absolute atomic E-state index is 10.6. The molecular weight excluding hydrogens is 214 g/mol. The number of para-hydroxylation sites is 1. The molecule has 3 heteroatoms. The van der Waals surface area contributed by atoms with Gasteiger partial charge in [-0.25, -0.2) is 0 Å². The van der Waals surface area contributed by atoms with Gasteiger partial charge >= 0.3 is 5.97 Å². The van der Waals surface area contributed by atoms with E-state index in [9.17, 15) is 4.79 Å². The molecule has 0 bridgehead atoms. The van der Waals surface area contributed by atoms with E-state index in [0.29, 0.717) is 12.5 Å². The Bertz CT molecular complexity index is 335. The molecule has 0 spiro atoms. The van der Waals surface area contributed by atoms with Crippen LogP contribution in [0.3, 0.4) is 0 Å². The van der Waals surface area contributed by atoms with Crippen LogP contribution < -0.4 is 4.90 Å². The molecule has 0 aliphatic heterocycles. The molecule has 17 heavy (non-hydrogen) atoms. The summed E-state index contributed by atoms with van der Waals surface area (Å²) in [5, 5.41) is 8.76. The number of nitrogens with zero attached hydrogens (tertiary/aromatic N) is 1. The predicted octanol–water partition coefficient (Wildman–Crippen LogP) is 3.01. The first kappa shape index (κ1) is 13.6. The third-order valence-corrected chi connectivity index (χ3v) is 2.69. The molecule has 0 saturated carbocycles. The van der Waals surface area contributed by atoms with Crippen LogP contribution in [0.5, 0.6) is 0 Å².